The minimum Gasteiger partial charge on any atom is -0.299 e. The Kier molecular flexibility index (Phi) is 5.30. The predicted octanol–water partition coefficient (Wildman–Crippen LogP) is 5.87. The van der Waals surface area contributed by atoms with E-state index >= 15 is 0 Å². The van der Waals surface area contributed by atoms with E-state index in [1.54, 1.807) is 0 Å². The molecule has 0 saturated heterocycles. The fraction of sp³-hybridized carbons (Fsp3) is 0.348. The molecule has 1 aliphatic carbocycles. The molecule has 0 radical (unpaired) electrons. The van der Waals surface area contributed by atoms with Crippen molar-refractivity contribution in [1.29, 1.82) is 0 Å². The van der Waals surface area contributed by atoms with Crippen LogP contribution in [0.5, 0.6) is 0 Å². The molecule has 1 saturated carbocycles. The number of carbonyl (C=O) groups excluding carboxylic acids is 1. The monoisotopic (exact) mass is 318 g/mol. The first-order valence-electron chi connectivity index (χ1n) is 9.05. The van der Waals surface area contributed by atoms with Crippen molar-refractivity contribution in [2.24, 2.45) is 17.8 Å². The van der Waals surface area contributed by atoms with Gasteiger partial charge in [-0.25, -0.2) is 0 Å². The van der Waals surface area contributed by atoms with E-state index in [9.17, 15) is 4.79 Å². The molecule has 24 heavy (non-hydrogen) atoms. The summed E-state index contributed by atoms with van der Waals surface area (Å²) in [6, 6.07) is 21.2. The van der Waals surface area contributed by atoms with Gasteiger partial charge in [-0.2, -0.15) is 0 Å². The molecule has 3 rings (SSSR count). The van der Waals surface area contributed by atoms with E-state index in [1.165, 1.54) is 16.7 Å². The molecule has 1 aliphatic rings. The summed E-state index contributed by atoms with van der Waals surface area (Å²) in [5.41, 5.74) is 3.89. The van der Waals surface area contributed by atoms with Crippen LogP contribution >= 0.6 is 0 Å². The fourth-order valence-corrected chi connectivity index (χ4v) is 4.12. The summed E-state index contributed by atoms with van der Waals surface area (Å²) in [4.78, 5) is 12.3. The second-order valence-corrected chi connectivity index (χ2v) is 6.86. The van der Waals surface area contributed by atoms with Crippen LogP contribution < -0.4 is 0 Å². The lowest BCUT2D eigenvalue weighted by atomic mass is 9.67. The van der Waals surface area contributed by atoms with Gasteiger partial charge in [-0.15, -0.1) is 0 Å². The number of rotatable bonds is 4. The average molecular weight is 318 g/mol. The largest absolute Gasteiger partial charge is 0.299 e. The van der Waals surface area contributed by atoms with Gasteiger partial charge in [0.1, 0.15) is 5.78 Å². The Morgan fingerprint density at radius 3 is 2.29 bits per heavy atom. The van der Waals surface area contributed by atoms with Crippen molar-refractivity contribution in [3.05, 3.63) is 71.8 Å². The Balaban J connectivity index is 2.02. The first-order valence-corrected chi connectivity index (χ1v) is 9.05. The van der Waals surface area contributed by atoms with Gasteiger partial charge in [0.2, 0.25) is 0 Å². The second-order valence-electron chi connectivity index (χ2n) is 6.86. The van der Waals surface area contributed by atoms with Gasteiger partial charge in [0, 0.05) is 12.3 Å². The standard InChI is InChI=1S/C23H26O/c1-3-20-17(2)21(14-15-23(20)24)22(19-12-8-5-9-13-19)16-18-10-6-4-7-11-18/h4-13,16-17,20-21H,3,14-15H2,1-2H3/b22-16-. The highest BCUT2D eigenvalue weighted by Crippen LogP contribution is 2.42. The molecule has 1 nitrogen and oxygen atoms in total. The van der Waals surface area contributed by atoms with Crippen molar-refractivity contribution in [1.82, 2.24) is 0 Å². The quantitative estimate of drug-likeness (QED) is 0.644. The summed E-state index contributed by atoms with van der Waals surface area (Å²) in [7, 11) is 0. The van der Waals surface area contributed by atoms with Crippen LogP contribution in [0.3, 0.4) is 0 Å². The van der Waals surface area contributed by atoms with Gasteiger partial charge in [-0.1, -0.05) is 80.6 Å². The van der Waals surface area contributed by atoms with Crippen LogP contribution in [0.4, 0.5) is 0 Å². The molecule has 0 aromatic heterocycles. The molecule has 0 N–H and O–H groups in total. The van der Waals surface area contributed by atoms with Crippen molar-refractivity contribution in [3.8, 4) is 0 Å². The summed E-state index contributed by atoms with van der Waals surface area (Å²) in [5.74, 6) is 1.49. The number of Topliss-reactive ketones (excluding diaryl/α,β-unsaturated/α-hetero) is 1. The highest BCUT2D eigenvalue weighted by molar-refractivity contribution is 5.87. The zero-order chi connectivity index (χ0) is 16.9. The van der Waals surface area contributed by atoms with Crippen molar-refractivity contribution < 1.29 is 4.79 Å². The third-order valence-electron chi connectivity index (χ3n) is 5.45. The Hall–Kier alpha value is -2.15. The molecule has 0 amide bonds. The van der Waals surface area contributed by atoms with Crippen molar-refractivity contribution >= 4 is 17.4 Å². The molecule has 2 aromatic rings. The molecule has 1 heteroatoms. The first kappa shape index (κ1) is 16.7. The molecule has 124 valence electrons. The minimum atomic E-state index is 0.201. The number of carbonyl (C=O) groups is 1. The number of hydrogen-bond acceptors (Lipinski definition) is 1. The van der Waals surface area contributed by atoms with Gasteiger partial charge >= 0.3 is 0 Å². The Morgan fingerprint density at radius 1 is 1.04 bits per heavy atom. The van der Waals surface area contributed by atoms with Gasteiger partial charge in [0.15, 0.2) is 0 Å². The molecular formula is C23H26O. The third kappa shape index (κ3) is 3.51. The molecule has 1 fully saturated rings. The number of ketones is 1. The zero-order valence-electron chi connectivity index (χ0n) is 14.6. The Bertz CT molecular complexity index is 699. The van der Waals surface area contributed by atoms with E-state index in [1.807, 2.05) is 0 Å². The molecule has 3 unspecified atom stereocenters. The molecule has 2 aromatic carbocycles. The van der Waals surface area contributed by atoms with Crippen LogP contribution in [0.1, 0.15) is 44.2 Å². The summed E-state index contributed by atoms with van der Waals surface area (Å²) < 4.78 is 0. The van der Waals surface area contributed by atoms with Gasteiger partial charge in [-0.3, -0.25) is 4.79 Å². The highest BCUT2D eigenvalue weighted by Gasteiger charge is 2.36. The van der Waals surface area contributed by atoms with Crippen LogP contribution in [-0.2, 0) is 4.79 Å². The molecule has 0 heterocycles. The topological polar surface area (TPSA) is 17.1 Å². The maximum absolute atomic E-state index is 12.3. The van der Waals surface area contributed by atoms with E-state index in [0.29, 0.717) is 24.0 Å². The minimum absolute atomic E-state index is 0.201. The van der Waals surface area contributed by atoms with Gasteiger partial charge in [0.05, 0.1) is 0 Å². The van der Waals surface area contributed by atoms with Gasteiger partial charge < -0.3 is 0 Å². The lowest BCUT2D eigenvalue weighted by Gasteiger charge is -2.36. The highest BCUT2D eigenvalue weighted by atomic mass is 16.1. The Morgan fingerprint density at radius 2 is 1.67 bits per heavy atom. The van der Waals surface area contributed by atoms with Crippen molar-refractivity contribution in [2.45, 2.75) is 33.1 Å². The lowest BCUT2D eigenvalue weighted by molar-refractivity contribution is -0.127. The second kappa shape index (κ2) is 7.61. The van der Waals surface area contributed by atoms with E-state index in [2.05, 4.69) is 80.6 Å². The summed E-state index contributed by atoms with van der Waals surface area (Å²) in [6.45, 7) is 4.40. The van der Waals surface area contributed by atoms with Crippen LogP contribution in [-0.4, -0.2) is 5.78 Å². The summed E-state index contributed by atoms with van der Waals surface area (Å²) in [6.07, 6.45) is 4.94. The van der Waals surface area contributed by atoms with Crippen LogP contribution in [0, 0.1) is 17.8 Å². The predicted molar refractivity (Wildman–Crippen MR) is 101 cm³/mol. The van der Waals surface area contributed by atoms with Crippen molar-refractivity contribution in [2.75, 3.05) is 0 Å². The number of benzene rings is 2. The van der Waals surface area contributed by atoms with E-state index < -0.39 is 0 Å². The van der Waals surface area contributed by atoms with Crippen molar-refractivity contribution in [3.63, 3.8) is 0 Å². The molecule has 3 atom stereocenters. The normalized spacial score (nSPS) is 24.8. The smallest absolute Gasteiger partial charge is 0.136 e. The third-order valence-corrected chi connectivity index (χ3v) is 5.45. The van der Waals surface area contributed by atoms with E-state index in [-0.39, 0.29) is 5.92 Å². The van der Waals surface area contributed by atoms with E-state index in [4.69, 9.17) is 0 Å². The maximum Gasteiger partial charge on any atom is 0.136 e. The van der Waals surface area contributed by atoms with E-state index in [0.717, 1.165) is 12.8 Å². The van der Waals surface area contributed by atoms with Crippen LogP contribution in [0.2, 0.25) is 0 Å². The van der Waals surface area contributed by atoms with Gasteiger partial charge in [-0.05, 0) is 41.4 Å². The van der Waals surface area contributed by atoms with Crippen LogP contribution in [0.15, 0.2) is 60.7 Å². The maximum atomic E-state index is 12.3. The lowest BCUT2D eigenvalue weighted by Crippen LogP contribution is -2.33. The molecule has 0 bridgehead atoms. The van der Waals surface area contributed by atoms with Crippen LogP contribution in [0.25, 0.3) is 11.6 Å². The fourth-order valence-electron chi connectivity index (χ4n) is 4.12. The van der Waals surface area contributed by atoms with Gasteiger partial charge in [0.25, 0.3) is 0 Å². The number of allylic oxidation sites excluding steroid dienone is 1. The Labute approximate surface area is 145 Å². The molecule has 0 aliphatic heterocycles. The first-order chi connectivity index (χ1) is 11.7. The summed E-state index contributed by atoms with van der Waals surface area (Å²) in [5, 5.41) is 0. The average Bonchev–Trinajstić information content (AvgIpc) is 2.62. The summed E-state index contributed by atoms with van der Waals surface area (Å²) >= 11 is 0. The number of hydrogen-bond donors (Lipinski definition) is 0. The molecule has 0 spiro atoms. The zero-order valence-corrected chi connectivity index (χ0v) is 14.6. The molecular weight excluding hydrogens is 292 g/mol. The SMILES string of the molecule is CCC1C(=O)CCC(/C(=C\c2ccccc2)c2ccccc2)C1C.